The van der Waals surface area contributed by atoms with Crippen molar-refractivity contribution in [2.75, 3.05) is 12.5 Å². The molecule has 0 aromatic heterocycles. The van der Waals surface area contributed by atoms with Gasteiger partial charge in [-0.05, 0) is 43.2 Å². The van der Waals surface area contributed by atoms with Crippen LogP contribution in [-0.2, 0) is 5.41 Å². The first kappa shape index (κ1) is 12.7. The monoisotopic (exact) mass is 266 g/mol. The third-order valence-corrected chi connectivity index (χ3v) is 3.83. The first-order chi connectivity index (χ1) is 9.63. The van der Waals surface area contributed by atoms with Gasteiger partial charge in [-0.1, -0.05) is 30.3 Å². The van der Waals surface area contributed by atoms with Crippen LogP contribution in [-0.4, -0.2) is 12.8 Å². The Labute approximate surface area is 119 Å². The minimum absolute atomic E-state index is 0.170. The molecule has 0 aliphatic carbocycles. The molecular formula is C17H18N2O. The van der Waals surface area contributed by atoms with Crippen molar-refractivity contribution in [1.82, 2.24) is 0 Å². The number of ether oxygens (including phenoxy) is 1. The van der Waals surface area contributed by atoms with E-state index < -0.39 is 0 Å². The molecule has 0 saturated carbocycles. The number of anilines is 1. The molecule has 0 amide bonds. The Morgan fingerprint density at radius 3 is 2.50 bits per heavy atom. The van der Waals surface area contributed by atoms with Crippen LogP contribution in [0, 0.1) is 0 Å². The van der Waals surface area contributed by atoms with Crippen LogP contribution in [0.3, 0.4) is 0 Å². The lowest BCUT2D eigenvalue weighted by atomic mass is 9.75. The van der Waals surface area contributed by atoms with Gasteiger partial charge in [-0.15, -0.1) is 0 Å². The molecule has 3 nitrogen and oxygen atoms in total. The zero-order chi connectivity index (χ0) is 14.2. The van der Waals surface area contributed by atoms with E-state index in [1.165, 1.54) is 5.56 Å². The fraction of sp³-hybridized carbons (Fsp3) is 0.235. The molecule has 1 aliphatic heterocycles. The van der Waals surface area contributed by atoms with Gasteiger partial charge in [0.2, 0.25) is 0 Å². The highest BCUT2D eigenvalue weighted by molar-refractivity contribution is 6.09. The van der Waals surface area contributed by atoms with Crippen molar-refractivity contribution in [3.63, 3.8) is 0 Å². The molecule has 1 heterocycles. The van der Waals surface area contributed by atoms with Crippen LogP contribution < -0.4 is 10.2 Å². The minimum Gasteiger partial charge on any atom is -0.497 e. The van der Waals surface area contributed by atoms with Crippen LogP contribution in [0.5, 0.6) is 5.75 Å². The third kappa shape index (κ3) is 1.95. The first-order valence-electron chi connectivity index (χ1n) is 6.71. The lowest BCUT2D eigenvalue weighted by Gasteiger charge is -2.33. The summed E-state index contributed by atoms with van der Waals surface area (Å²) in [5.74, 6) is 0.868. The lowest BCUT2D eigenvalue weighted by molar-refractivity contribution is 0.413. The molecule has 1 aliphatic rings. The number of benzene rings is 2. The van der Waals surface area contributed by atoms with Crippen LogP contribution in [0.1, 0.15) is 25.0 Å². The van der Waals surface area contributed by atoms with Gasteiger partial charge in [-0.25, -0.2) is 0 Å². The Morgan fingerprint density at radius 1 is 1.05 bits per heavy atom. The predicted octanol–water partition coefficient (Wildman–Crippen LogP) is 3.80. The van der Waals surface area contributed by atoms with E-state index in [4.69, 9.17) is 4.74 Å². The van der Waals surface area contributed by atoms with E-state index in [2.05, 4.69) is 42.6 Å². The number of rotatable bonds is 2. The molecule has 0 atom stereocenters. The molecule has 0 radical (unpaired) electrons. The van der Waals surface area contributed by atoms with Gasteiger partial charge in [0.25, 0.3) is 0 Å². The molecular weight excluding hydrogens is 248 g/mol. The fourth-order valence-electron chi connectivity index (χ4n) is 2.67. The average molecular weight is 266 g/mol. The summed E-state index contributed by atoms with van der Waals surface area (Å²) in [4.78, 5) is 0. The summed E-state index contributed by atoms with van der Waals surface area (Å²) in [6.07, 6.45) is 0. The van der Waals surface area contributed by atoms with Gasteiger partial charge in [0.15, 0.2) is 0 Å². The lowest BCUT2D eigenvalue weighted by Crippen LogP contribution is -2.34. The molecule has 0 spiro atoms. The van der Waals surface area contributed by atoms with E-state index in [1.54, 1.807) is 7.11 Å². The minimum atomic E-state index is -0.170. The van der Waals surface area contributed by atoms with Gasteiger partial charge >= 0.3 is 0 Å². The largest absolute Gasteiger partial charge is 0.497 e. The van der Waals surface area contributed by atoms with E-state index in [-0.39, 0.29) is 5.41 Å². The summed E-state index contributed by atoms with van der Waals surface area (Å²) in [5, 5.41) is 4.58. The maximum Gasteiger partial charge on any atom is 0.119 e. The van der Waals surface area contributed by atoms with Crippen LogP contribution in [0.25, 0.3) is 0 Å². The number of hydrazone groups is 1. The number of fused-ring (bicyclic) bond motifs is 1. The maximum atomic E-state index is 5.35. The van der Waals surface area contributed by atoms with Crippen molar-refractivity contribution < 1.29 is 4.74 Å². The summed E-state index contributed by atoms with van der Waals surface area (Å²) in [6.45, 7) is 4.38. The third-order valence-electron chi connectivity index (χ3n) is 3.83. The zero-order valence-corrected chi connectivity index (χ0v) is 12.0. The summed E-state index contributed by atoms with van der Waals surface area (Å²) < 4.78 is 5.35. The van der Waals surface area contributed by atoms with Crippen molar-refractivity contribution in [2.45, 2.75) is 19.3 Å². The van der Waals surface area contributed by atoms with Crippen molar-refractivity contribution in [1.29, 1.82) is 0 Å². The van der Waals surface area contributed by atoms with E-state index in [0.717, 1.165) is 22.7 Å². The van der Waals surface area contributed by atoms with Gasteiger partial charge in [0, 0.05) is 5.41 Å². The molecule has 3 rings (SSSR count). The van der Waals surface area contributed by atoms with E-state index >= 15 is 0 Å². The number of methoxy groups -OCH3 is 1. The number of nitrogens with zero attached hydrogens (tertiary/aromatic N) is 1. The van der Waals surface area contributed by atoms with Crippen LogP contribution in [0.15, 0.2) is 53.6 Å². The Balaban J connectivity index is 2.11. The molecule has 20 heavy (non-hydrogen) atoms. The quantitative estimate of drug-likeness (QED) is 0.897. The van der Waals surface area contributed by atoms with Crippen molar-refractivity contribution >= 4 is 11.4 Å². The molecule has 0 fully saturated rings. The highest BCUT2D eigenvalue weighted by Gasteiger charge is 2.34. The number of hydrogen-bond donors (Lipinski definition) is 1. The molecule has 1 N–H and O–H groups in total. The van der Waals surface area contributed by atoms with Crippen LogP contribution >= 0.6 is 0 Å². The average Bonchev–Trinajstić information content (AvgIpc) is 2.48. The second kappa shape index (κ2) is 4.67. The van der Waals surface area contributed by atoms with E-state index in [0.29, 0.717) is 0 Å². The molecule has 0 saturated heterocycles. The van der Waals surface area contributed by atoms with Gasteiger partial charge in [0.1, 0.15) is 5.75 Å². The molecule has 2 aromatic rings. The second-order valence-corrected chi connectivity index (χ2v) is 5.47. The van der Waals surface area contributed by atoms with E-state index in [9.17, 15) is 0 Å². The normalized spacial score (nSPS) is 15.8. The van der Waals surface area contributed by atoms with Crippen LogP contribution in [0.2, 0.25) is 0 Å². The van der Waals surface area contributed by atoms with Crippen molar-refractivity contribution in [2.24, 2.45) is 5.10 Å². The topological polar surface area (TPSA) is 33.6 Å². The predicted molar refractivity (Wildman–Crippen MR) is 82.6 cm³/mol. The standard InChI is InChI=1S/C17H18N2O/c1-17(2)14-11-13(20-3)9-10-15(14)18-19-16(17)12-7-5-4-6-8-12/h4-11,18H,1-3H3. The summed E-state index contributed by atoms with van der Waals surface area (Å²) >= 11 is 0. The number of nitrogens with one attached hydrogen (secondary N) is 1. The first-order valence-corrected chi connectivity index (χ1v) is 6.71. The zero-order valence-electron chi connectivity index (χ0n) is 12.0. The van der Waals surface area contributed by atoms with Gasteiger partial charge < -0.3 is 4.74 Å². The Morgan fingerprint density at radius 2 is 1.80 bits per heavy atom. The molecule has 0 unspecified atom stereocenters. The van der Waals surface area contributed by atoms with Crippen molar-refractivity contribution in [3.05, 3.63) is 59.7 Å². The van der Waals surface area contributed by atoms with Gasteiger partial charge in [-0.3, -0.25) is 5.43 Å². The molecule has 102 valence electrons. The second-order valence-electron chi connectivity index (χ2n) is 5.47. The summed E-state index contributed by atoms with van der Waals surface area (Å²) in [5.41, 5.74) is 7.40. The summed E-state index contributed by atoms with van der Waals surface area (Å²) in [6, 6.07) is 16.3. The van der Waals surface area contributed by atoms with Gasteiger partial charge in [-0.2, -0.15) is 5.10 Å². The van der Waals surface area contributed by atoms with Gasteiger partial charge in [0.05, 0.1) is 18.5 Å². The molecule has 0 bridgehead atoms. The van der Waals surface area contributed by atoms with Crippen molar-refractivity contribution in [3.8, 4) is 5.75 Å². The van der Waals surface area contributed by atoms with Crippen LogP contribution in [0.4, 0.5) is 5.69 Å². The Bertz CT molecular complexity index is 660. The Kier molecular flexibility index (Phi) is 2.97. The SMILES string of the molecule is COc1ccc2c(c1)C(C)(C)C(c1ccccc1)=NN2. The fourth-order valence-corrected chi connectivity index (χ4v) is 2.67. The smallest absolute Gasteiger partial charge is 0.119 e. The highest BCUT2D eigenvalue weighted by Crippen LogP contribution is 2.38. The maximum absolute atomic E-state index is 5.35. The molecule has 3 heteroatoms. The Hall–Kier alpha value is -2.29. The molecule has 2 aromatic carbocycles. The summed E-state index contributed by atoms with van der Waals surface area (Å²) in [7, 11) is 1.69. The van der Waals surface area contributed by atoms with E-state index in [1.807, 2.05) is 30.3 Å². The highest BCUT2D eigenvalue weighted by atomic mass is 16.5. The number of hydrogen-bond acceptors (Lipinski definition) is 3.